The van der Waals surface area contributed by atoms with Gasteiger partial charge in [0.25, 0.3) is 5.91 Å². The van der Waals surface area contributed by atoms with Gasteiger partial charge < -0.3 is 10.4 Å². The summed E-state index contributed by atoms with van der Waals surface area (Å²) in [5, 5.41) is 17.7. The molecule has 1 heterocycles. The Bertz CT molecular complexity index is 926. The largest absolute Gasteiger partial charge is 0.508 e. The Balaban J connectivity index is 1.71. The number of phenols is 1. The van der Waals surface area contributed by atoms with Gasteiger partial charge in [0.1, 0.15) is 11.0 Å². The number of anilines is 1. The minimum Gasteiger partial charge on any atom is -0.508 e. The Kier molecular flexibility index (Phi) is 6.10. The van der Waals surface area contributed by atoms with Crippen LogP contribution in [0, 0.1) is 0 Å². The summed E-state index contributed by atoms with van der Waals surface area (Å²) in [6, 6.07) is 15.6. The number of carbonyl (C=O) groups excluding carboxylic acids is 2. The summed E-state index contributed by atoms with van der Waals surface area (Å²) in [6.45, 7) is 1.77. The Morgan fingerprint density at radius 2 is 1.86 bits per heavy atom. The van der Waals surface area contributed by atoms with Crippen molar-refractivity contribution in [2.45, 2.75) is 18.6 Å². The van der Waals surface area contributed by atoms with Crippen LogP contribution in [0.5, 0.6) is 5.75 Å². The second-order valence-corrected chi connectivity index (χ2v) is 7.28. The second kappa shape index (κ2) is 8.71. The molecule has 3 rings (SSSR count). The predicted molar refractivity (Wildman–Crippen MR) is 112 cm³/mol. The Hall–Kier alpha value is -3.13. The number of amides is 2. The lowest BCUT2D eigenvalue weighted by atomic mass is 10.1. The fourth-order valence-electron chi connectivity index (χ4n) is 2.64. The second-order valence-electron chi connectivity index (χ2n) is 6.11. The first kappa shape index (κ1) is 19.6. The first-order chi connectivity index (χ1) is 13.5. The molecule has 1 aliphatic rings. The molecule has 0 aromatic heterocycles. The summed E-state index contributed by atoms with van der Waals surface area (Å²) in [5.74, 6) is -0.370. The van der Waals surface area contributed by atoms with Gasteiger partial charge in [0.2, 0.25) is 5.91 Å². The Labute approximate surface area is 167 Å². The molecule has 2 aromatic rings. The molecule has 1 atom stereocenters. The number of nitrogens with zero attached hydrogens (tertiary/aromatic N) is 3. The number of amidine groups is 1. The number of hydrogen-bond acceptors (Lipinski definition) is 6. The van der Waals surface area contributed by atoms with Gasteiger partial charge in [-0.05, 0) is 48.9 Å². The van der Waals surface area contributed by atoms with Gasteiger partial charge >= 0.3 is 0 Å². The zero-order valence-corrected chi connectivity index (χ0v) is 16.3. The highest BCUT2D eigenvalue weighted by molar-refractivity contribution is 8.15. The van der Waals surface area contributed by atoms with Crippen molar-refractivity contribution in [1.29, 1.82) is 0 Å². The zero-order chi connectivity index (χ0) is 20.1. The van der Waals surface area contributed by atoms with Crippen LogP contribution >= 0.6 is 11.8 Å². The lowest BCUT2D eigenvalue weighted by Gasteiger charge is -2.12. The van der Waals surface area contributed by atoms with E-state index in [4.69, 9.17) is 0 Å². The van der Waals surface area contributed by atoms with Crippen LogP contribution in [0.2, 0.25) is 0 Å². The van der Waals surface area contributed by atoms with E-state index in [1.165, 1.54) is 16.8 Å². The normalized spacial score (nSPS) is 18.6. The maximum atomic E-state index is 12.8. The van der Waals surface area contributed by atoms with Crippen molar-refractivity contribution >= 4 is 40.1 Å². The Morgan fingerprint density at radius 3 is 2.50 bits per heavy atom. The number of hydrogen-bond donors (Lipinski definition) is 2. The quantitative estimate of drug-likeness (QED) is 0.760. The van der Waals surface area contributed by atoms with E-state index >= 15 is 0 Å². The minimum atomic E-state index is -0.584. The van der Waals surface area contributed by atoms with Crippen LogP contribution in [-0.2, 0) is 9.59 Å². The van der Waals surface area contributed by atoms with Crippen LogP contribution in [0.25, 0.3) is 0 Å². The molecule has 0 saturated carbocycles. The molecule has 1 unspecified atom stereocenters. The highest BCUT2D eigenvalue weighted by Crippen LogP contribution is 2.30. The third-order valence-electron chi connectivity index (χ3n) is 4.07. The van der Waals surface area contributed by atoms with E-state index in [0.717, 1.165) is 5.56 Å². The fraction of sp³-hybridized carbons (Fsp3) is 0.200. The summed E-state index contributed by atoms with van der Waals surface area (Å²) >= 11 is 1.22. The number of phenolic OH excluding ortho intramolecular Hbond substituents is 1. The number of aromatic hydroxyl groups is 1. The third-order valence-corrected chi connectivity index (χ3v) is 5.29. The SMILES string of the molecule is CN=C1SC(CC(=O)Nc2ccccc2)C(=O)N1/N=C(\C)c1ccc(O)cc1. The van der Waals surface area contributed by atoms with Crippen LogP contribution in [0.4, 0.5) is 5.69 Å². The van der Waals surface area contributed by atoms with Crippen LogP contribution in [-0.4, -0.2) is 45.1 Å². The summed E-state index contributed by atoms with van der Waals surface area (Å²) in [4.78, 5) is 29.2. The van der Waals surface area contributed by atoms with Crippen molar-refractivity contribution in [3.63, 3.8) is 0 Å². The number of carbonyl (C=O) groups is 2. The maximum Gasteiger partial charge on any atom is 0.263 e. The number of benzene rings is 2. The lowest BCUT2D eigenvalue weighted by Crippen LogP contribution is -2.30. The van der Waals surface area contributed by atoms with Crippen LogP contribution in [0.1, 0.15) is 18.9 Å². The van der Waals surface area contributed by atoms with E-state index in [0.29, 0.717) is 16.6 Å². The van der Waals surface area contributed by atoms with Gasteiger partial charge in [0, 0.05) is 19.2 Å². The summed E-state index contributed by atoms with van der Waals surface area (Å²) in [5.41, 5.74) is 2.06. The average molecular weight is 396 g/mol. The van der Waals surface area contributed by atoms with Gasteiger partial charge in [-0.15, -0.1) is 0 Å². The van der Waals surface area contributed by atoms with Crippen molar-refractivity contribution in [2.75, 3.05) is 12.4 Å². The molecule has 2 aromatic carbocycles. The molecule has 0 spiro atoms. The van der Waals surface area contributed by atoms with Crippen molar-refractivity contribution in [1.82, 2.24) is 5.01 Å². The van der Waals surface area contributed by atoms with E-state index in [1.54, 1.807) is 50.4 Å². The standard InChI is InChI=1S/C20H20N4O3S/c1-13(14-8-10-16(25)11-9-14)23-24-19(27)17(28-20(24)21-2)12-18(26)22-15-6-4-3-5-7-15/h3-11,17,25H,12H2,1-2H3,(H,22,26)/b21-20?,23-13+. The number of para-hydroxylation sites is 1. The van der Waals surface area contributed by atoms with Crippen molar-refractivity contribution in [3.8, 4) is 5.75 Å². The van der Waals surface area contributed by atoms with Gasteiger partial charge in [-0.1, -0.05) is 30.0 Å². The van der Waals surface area contributed by atoms with Gasteiger partial charge in [-0.25, -0.2) is 0 Å². The predicted octanol–water partition coefficient (Wildman–Crippen LogP) is 3.07. The van der Waals surface area contributed by atoms with E-state index in [2.05, 4.69) is 15.4 Å². The molecule has 0 aliphatic carbocycles. The van der Waals surface area contributed by atoms with E-state index < -0.39 is 5.25 Å². The topological polar surface area (TPSA) is 94.4 Å². The van der Waals surface area contributed by atoms with Crippen LogP contribution in [0.15, 0.2) is 64.7 Å². The molecule has 8 heteroatoms. The van der Waals surface area contributed by atoms with Crippen molar-refractivity contribution in [3.05, 3.63) is 60.2 Å². The lowest BCUT2D eigenvalue weighted by molar-refractivity contribution is -0.128. The van der Waals surface area contributed by atoms with Gasteiger partial charge in [0.05, 0.1) is 5.71 Å². The smallest absolute Gasteiger partial charge is 0.263 e. The summed E-state index contributed by atoms with van der Waals surface area (Å²) in [7, 11) is 1.58. The number of rotatable bonds is 5. The molecule has 2 N–H and O–H groups in total. The van der Waals surface area contributed by atoms with Gasteiger partial charge in [0.15, 0.2) is 5.17 Å². The highest BCUT2D eigenvalue weighted by atomic mass is 32.2. The van der Waals surface area contributed by atoms with E-state index in [-0.39, 0.29) is 24.0 Å². The Morgan fingerprint density at radius 1 is 1.18 bits per heavy atom. The zero-order valence-electron chi connectivity index (χ0n) is 15.5. The van der Waals surface area contributed by atoms with E-state index in [1.807, 2.05) is 18.2 Å². The molecule has 0 bridgehead atoms. The molecule has 1 aliphatic heterocycles. The van der Waals surface area contributed by atoms with Crippen LogP contribution in [0.3, 0.4) is 0 Å². The number of aliphatic imine (C=N–C) groups is 1. The average Bonchev–Trinajstić information content (AvgIpc) is 2.98. The molecule has 7 nitrogen and oxygen atoms in total. The first-order valence-corrected chi connectivity index (χ1v) is 9.53. The molecule has 144 valence electrons. The molecular weight excluding hydrogens is 376 g/mol. The van der Waals surface area contributed by atoms with Crippen LogP contribution < -0.4 is 5.32 Å². The first-order valence-electron chi connectivity index (χ1n) is 8.65. The molecule has 0 radical (unpaired) electrons. The molecular formula is C20H20N4O3S. The molecule has 28 heavy (non-hydrogen) atoms. The van der Waals surface area contributed by atoms with Crippen molar-refractivity contribution < 1.29 is 14.7 Å². The monoisotopic (exact) mass is 396 g/mol. The molecule has 2 amide bonds. The number of thioether (sulfide) groups is 1. The summed E-state index contributed by atoms with van der Waals surface area (Å²) in [6.07, 6.45) is 0.0295. The molecule has 1 fully saturated rings. The van der Waals surface area contributed by atoms with E-state index in [9.17, 15) is 14.7 Å². The van der Waals surface area contributed by atoms with Gasteiger partial charge in [-0.3, -0.25) is 14.6 Å². The maximum absolute atomic E-state index is 12.8. The summed E-state index contributed by atoms with van der Waals surface area (Å²) < 4.78 is 0. The number of nitrogens with one attached hydrogen (secondary N) is 1. The fourth-order valence-corrected chi connectivity index (χ4v) is 3.66. The highest BCUT2D eigenvalue weighted by Gasteiger charge is 2.39. The third kappa shape index (κ3) is 4.58. The van der Waals surface area contributed by atoms with Gasteiger partial charge in [-0.2, -0.15) is 10.1 Å². The molecule has 1 saturated heterocycles. The van der Waals surface area contributed by atoms with Crippen molar-refractivity contribution in [2.24, 2.45) is 10.1 Å². The number of hydrazone groups is 1. The minimum absolute atomic E-state index is 0.0295.